The summed E-state index contributed by atoms with van der Waals surface area (Å²) in [5, 5.41) is 1.49. The van der Waals surface area contributed by atoms with Crippen molar-refractivity contribution in [1.29, 1.82) is 0 Å². The number of nitrogens with two attached hydrogens (primary N) is 2. The number of halogens is 1. The van der Waals surface area contributed by atoms with Gasteiger partial charge in [-0.2, -0.15) is 0 Å². The Morgan fingerprint density at radius 2 is 2.19 bits per heavy atom. The first-order valence-electron chi connectivity index (χ1n) is 4.78. The molecular formula is C11H12FN3O. The molecule has 0 bridgehead atoms. The predicted octanol–water partition coefficient (Wildman–Crippen LogP) is 1.37. The molecule has 1 aliphatic heterocycles. The average Bonchev–Trinajstić information content (AvgIpc) is 2.25. The molecule has 0 aliphatic carbocycles. The molecule has 0 fully saturated rings. The quantitative estimate of drug-likeness (QED) is 0.585. The van der Waals surface area contributed by atoms with Crippen molar-refractivity contribution in [3.05, 3.63) is 48.1 Å². The highest BCUT2D eigenvalue weighted by molar-refractivity contribution is 5.43. The maximum absolute atomic E-state index is 13.4. The van der Waals surface area contributed by atoms with Crippen LogP contribution in [-0.2, 0) is 0 Å². The zero-order chi connectivity index (χ0) is 11.5. The van der Waals surface area contributed by atoms with Gasteiger partial charge in [0, 0.05) is 18.0 Å². The Kier molecular flexibility index (Phi) is 2.78. The lowest BCUT2D eigenvalue weighted by molar-refractivity contribution is 0.378. The van der Waals surface area contributed by atoms with Crippen LogP contribution in [0.1, 0.15) is 0 Å². The molecule has 0 aromatic heterocycles. The van der Waals surface area contributed by atoms with Gasteiger partial charge >= 0.3 is 0 Å². The molecule has 1 aromatic rings. The third-order valence-corrected chi connectivity index (χ3v) is 2.12. The van der Waals surface area contributed by atoms with E-state index >= 15 is 0 Å². The second kappa shape index (κ2) is 4.24. The van der Waals surface area contributed by atoms with E-state index in [4.69, 9.17) is 16.3 Å². The van der Waals surface area contributed by atoms with Gasteiger partial charge in [-0.25, -0.2) is 10.2 Å². The number of ether oxygens (including phenoxy) is 1. The van der Waals surface area contributed by atoms with Crippen molar-refractivity contribution in [2.75, 3.05) is 12.3 Å². The largest absolute Gasteiger partial charge is 0.454 e. The molecule has 0 spiro atoms. The summed E-state index contributed by atoms with van der Waals surface area (Å²) in [5.74, 6) is 5.72. The number of anilines is 1. The minimum atomic E-state index is -0.482. The Morgan fingerprint density at radius 3 is 2.81 bits per heavy atom. The predicted molar refractivity (Wildman–Crippen MR) is 59.6 cm³/mol. The molecule has 0 amide bonds. The van der Waals surface area contributed by atoms with Gasteiger partial charge in [-0.05, 0) is 24.3 Å². The molecule has 1 aromatic carbocycles. The zero-order valence-electron chi connectivity index (χ0n) is 8.56. The lowest BCUT2D eigenvalue weighted by Crippen LogP contribution is -2.27. The van der Waals surface area contributed by atoms with Gasteiger partial charge in [0.05, 0.1) is 6.54 Å². The van der Waals surface area contributed by atoms with Crippen LogP contribution in [-0.4, -0.2) is 11.6 Å². The van der Waals surface area contributed by atoms with E-state index in [1.165, 1.54) is 17.1 Å². The van der Waals surface area contributed by atoms with E-state index in [9.17, 15) is 4.39 Å². The van der Waals surface area contributed by atoms with Crippen LogP contribution in [0, 0.1) is 5.82 Å². The van der Waals surface area contributed by atoms with Crippen LogP contribution in [0.4, 0.5) is 10.1 Å². The van der Waals surface area contributed by atoms with E-state index in [0.717, 1.165) is 0 Å². The van der Waals surface area contributed by atoms with Gasteiger partial charge in [-0.3, -0.25) is 0 Å². The molecule has 1 heterocycles. The molecule has 4 nitrogen and oxygen atoms in total. The summed E-state index contributed by atoms with van der Waals surface area (Å²) >= 11 is 0. The number of allylic oxidation sites excluding steroid dienone is 1. The Morgan fingerprint density at radius 1 is 1.38 bits per heavy atom. The summed E-state index contributed by atoms with van der Waals surface area (Å²) in [6.45, 7) is 0.530. The van der Waals surface area contributed by atoms with Crippen molar-refractivity contribution < 1.29 is 9.13 Å². The monoisotopic (exact) mass is 221 g/mol. The van der Waals surface area contributed by atoms with Crippen molar-refractivity contribution in [2.24, 2.45) is 5.84 Å². The number of benzene rings is 1. The molecule has 2 rings (SSSR count). The van der Waals surface area contributed by atoms with Crippen molar-refractivity contribution in [3.8, 4) is 5.75 Å². The SMILES string of the molecule is Nc1ccc(OC2=CCN(N)C=C2)c(F)c1. The summed E-state index contributed by atoms with van der Waals surface area (Å²) in [4.78, 5) is 0. The first-order valence-corrected chi connectivity index (χ1v) is 4.78. The topological polar surface area (TPSA) is 64.5 Å². The Hall–Kier alpha value is -2.01. The van der Waals surface area contributed by atoms with E-state index in [1.807, 2.05) is 0 Å². The molecular weight excluding hydrogens is 209 g/mol. The smallest absolute Gasteiger partial charge is 0.167 e. The van der Waals surface area contributed by atoms with E-state index < -0.39 is 5.82 Å². The van der Waals surface area contributed by atoms with Crippen LogP contribution in [0.15, 0.2) is 42.3 Å². The molecule has 1 aliphatic rings. The van der Waals surface area contributed by atoms with Gasteiger partial charge in [0.1, 0.15) is 5.76 Å². The third kappa shape index (κ3) is 2.32. The number of nitrogens with zero attached hydrogens (tertiary/aromatic N) is 1. The van der Waals surface area contributed by atoms with Gasteiger partial charge < -0.3 is 15.5 Å². The van der Waals surface area contributed by atoms with E-state index in [1.54, 1.807) is 24.4 Å². The van der Waals surface area contributed by atoms with Crippen molar-refractivity contribution in [2.45, 2.75) is 0 Å². The second-order valence-corrected chi connectivity index (χ2v) is 3.41. The average molecular weight is 221 g/mol. The molecule has 0 saturated heterocycles. The maximum atomic E-state index is 13.4. The minimum Gasteiger partial charge on any atom is -0.454 e. The van der Waals surface area contributed by atoms with Crippen molar-refractivity contribution in [3.63, 3.8) is 0 Å². The standard InChI is InChI=1S/C11H12FN3O/c12-10-7-8(13)1-2-11(10)16-9-3-5-15(14)6-4-9/h1-5,7H,6,13-14H2. The summed E-state index contributed by atoms with van der Waals surface area (Å²) in [6, 6.07) is 4.30. The number of hydrazine groups is 1. The van der Waals surface area contributed by atoms with Gasteiger partial charge in [-0.15, -0.1) is 0 Å². The highest BCUT2D eigenvalue weighted by Crippen LogP contribution is 2.22. The Bertz CT molecular complexity index is 457. The summed E-state index contributed by atoms with van der Waals surface area (Å²) < 4.78 is 18.7. The molecule has 5 heteroatoms. The number of rotatable bonds is 2. The lowest BCUT2D eigenvalue weighted by atomic mass is 10.3. The van der Waals surface area contributed by atoms with Crippen LogP contribution in [0.25, 0.3) is 0 Å². The second-order valence-electron chi connectivity index (χ2n) is 3.41. The summed E-state index contributed by atoms with van der Waals surface area (Å²) in [6.07, 6.45) is 5.08. The summed E-state index contributed by atoms with van der Waals surface area (Å²) in [5.41, 5.74) is 5.80. The Balaban J connectivity index is 2.13. The number of nitrogen functional groups attached to an aromatic ring is 1. The minimum absolute atomic E-state index is 0.149. The lowest BCUT2D eigenvalue weighted by Gasteiger charge is -2.17. The molecule has 4 N–H and O–H groups in total. The first-order chi connectivity index (χ1) is 7.65. The van der Waals surface area contributed by atoms with Crippen molar-refractivity contribution >= 4 is 5.69 Å². The van der Waals surface area contributed by atoms with Crippen LogP contribution in [0.2, 0.25) is 0 Å². The van der Waals surface area contributed by atoms with Crippen LogP contribution < -0.4 is 16.3 Å². The molecule has 0 saturated carbocycles. The highest BCUT2D eigenvalue weighted by Gasteiger charge is 2.07. The Labute approximate surface area is 92.6 Å². The van der Waals surface area contributed by atoms with Crippen molar-refractivity contribution in [1.82, 2.24) is 5.01 Å². The highest BCUT2D eigenvalue weighted by atomic mass is 19.1. The fourth-order valence-corrected chi connectivity index (χ4v) is 1.30. The molecule has 84 valence electrons. The van der Waals surface area contributed by atoms with Gasteiger partial charge in [0.25, 0.3) is 0 Å². The van der Waals surface area contributed by atoms with E-state index in [0.29, 0.717) is 18.0 Å². The van der Waals surface area contributed by atoms with Crippen LogP contribution in [0.5, 0.6) is 5.75 Å². The fraction of sp³-hybridized carbons (Fsp3) is 0.0909. The third-order valence-electron chi connectivity index (χ3n) is 2.12. The van der Waals surface area contributed by atoms with Gasteiger partial charge in [0.2, 0.25) is 0 Å². The van der Waals surface area contributed by atoms with Gasteiger partial charge in [-0.1, -0.05) is 0 Å². The van der Waals surface area contributed by atoms with E-state index in [2.05, 4.69) is 0 Å². The molecule has 0 unspecified atom stereocenters. The molecule has 16 heavy (non-hydrogen) atoms. The zero-order valence-corrected chi connectivity index (χ0v) is 8.56. The molecule has 0 radical (unpaired) electrons. The number of hydrogen-bond acceptors (Lipinski definition) is 4. The molecule has 0 atom stereocenters. The van der Waals surface area contributed by atoms with Gasteiger partial charge in [0.15, 0.2) is 11.6 Å². The van der Waals surface area contributed by atoms with Crippen LogP contribution >= 0.6 is 0 Å². The first kappa shape index (κ1) is 10.5. The fourth-order valence-electron chi connectivity index (χ4n) is 1.30. The van der Waals surface area contributed by atoms with Crippen LogP contribution in [0.3, 0.4) is 0 Å². The summed E-state index contributed by atoms with van der Waals surface area (Å²) in [7, 11) is 0. The maximum Gasteiger partial charge on any atom is 0.167 e. The normalized spacial score (nSPS) is 14.9. The number of hydrogen-bond donors (Lipinski definition) is 2. The van der Waals surface area contributed by atoms with E-state index in [-0.39, 0.29) is 5.75 Å².